The first-order chi connectivity index (χ1) is 8.15. The van der Waals surface area contributed by atoms with E-state index in [9.17, 15) is 5.11 Å². The Bertz CT molecular complexity index is 426. The number of anilines is 1. The average Bonchev–Trinajstić information content (AvgIpc) is 2.70. The minimum Gasteiger partial charge on any atom is -0.394 e. The van der Waals surface area contributed by atoms with Gasteiger partial charge in [0.05, 0.1) is 24.4 Å². The molecule has 92 valence electrons. The molecule has 2 rings (SSSR count). The normalized spacial score (nSPS) is 24.0. The molecule has 0 aliphatic carbocycles. The number of aromatic nitrogens is 2. The molecular formula is C11H16N4OS. The second-order valence-corrected chi connectivity index (χ2v) is 4.78. The van der Waals surface area contributed by atoms with Crippen molar-refractivity contribution in [2.24, 2.45) is 11.7 Å². The molecule has 2 unspecified atom stereocenters. The summed E-state index contributed by atoms with van der Waals surface area (Å²) in [6.45, 7) is 3.08. The molecule has 0 radical (unpaired) electrons. The third-order valence-corrected chi connectivity index (χ3v) is 3.53. The lowest BCUT2D eigenvalue weighted by Gasteiger charge is -2.27. The van der Waals surface area contributed by atoms with Crippen LogP contribution in [-0.4, -0.2) is 39.5 Å². The Hall–Kier alpha value is -1.27. The number of aliphatic hydroxyl groups excluding tert-OH is 1. The third kappa shape index (κ3) is 2.23. The largest absolute Gasteiger partial charge is 0.394 e. The molecule has 0 saturated carbocycles. The molecule has 1 aliphatic heterocycles. The maximum atomic E-state index is 9.44. The van der Waals surface area contributed by atoms with Gasteiger partial charge in [-0.2, -0.15) is 5.10 Å². The number of rotatable bonds is 3. The molecule has 2 heterocycles. The highest BCUT2D eigenvalue weighted by atomic mass is 32.1. The molecule has 1 fully saturated rings. The number of hydrogen-bond acceptors (Lipinski definition) is 5. The van der Waals surface area contributed by atoms with Gasteiger partial charge in [-0.3, -0.25) is 0 Å². The number of nitrogens with two attached hydrogens (primary N) is 1. The summed E-state index contributed by atoms with van der Waals surface area (Å²) in [6, 6.07) is 1.84. The maximum Gasteiger partial charge on any atom is 0.161 e. The lowest BCUT2D eigenvalue weighted by Crippen LogP contribution is -2.37. The van der Waals surface area contributed by atoms with Gasteiger partial charge in [0.25, 0.3) is 0 Å². The first-order valence-corrected chi connectivity index (χ1v) is 6.05. The van der Waals surface area contributed by atoms with Crippen molar-refractivity contribution in [3.63, 3.8) is 0 Å². The predicted molar refractivity (Wildman–Crippen MR) is 69.9 cm³/mol. The maximum absolute atomic E-state index is 9.44. The highest BCUT2D eigenvalue weighted by Crippen LogP contribution is 2.29. The molecule has 1 aliphatic rings. The van der Waals surface area contributed by atoms with Crippen LogP contribution in [0.25, 0.3) is 0 Å². The molecule has 6 heteroatoms. The van der Waals surface area contributed by atoms with E-state index in [2.05, 4.69) is 17.1 Å². The van der Waals surface area contributed by atoms with E-state index < -0.39 is 0 Å². The van der Waals surface area contributed by atoms with Crippen molar-refractivity contribution in [2.75, 3.05) is 18.1 Å². The van der Waals surface area contributed by atoms with Gasteiger partial charge < -0.3 is 15.7 Å². The minimum atomic E-state index is 0.0693. The first-order valence-electron chi connectivity index (χ1n) is 5.64. The zero-order chi connectivity index (χ0) is 12.4. The zero-order valence-corrected chi connectivity index (χ0v) is 10.5. The molecule has 1 aromatic rings. The van der Waals surface area contributed by atoms with Gasteiger partial charge >= 0.3 is 0 Å². The predicted octanol–water partition coefficient (Wildman–Crippen LogP) is 0.318. The van der Waals surface area contributed by atoms with Crippen molar-refractivity contribution in [3.8, 4) is 0 Å². The number of thiocarbonyl (C=S) groups is 1. The van der Waals surface area contributed by atoms with Crippen LogP contribution in [0.4, 0.5) is 5.82 Å². The Balaban J connectivity index is 2.37. The average molecular weight is 252 g/mol. The summed E-state index contributed by atoms with van der Waals surface area (Å²) >= 11 is 5.01. The van der Waals surface area contributed by atoms with Crippen LogP contribution in [0.15, 0.2) is 12.3 Å². The Morgan fingerprint density at radius 2 is 2.47 bits per heavy atom. The summed E-state index contributed by atoms with van der Waals surface area (Å²) in [5, 5.41) is 17.4. The van der Waals surface area contributed by atoms with Crippen LogP contribution < -0.4 is 10.6 Å². The second kappa shape index (κ2) is 4.93. The minimum absolute atomic E-state index is 0.0693. The lowest BCUT2D eigenvalue weighted by atomic mass is 10.0. The highest BCUT2D eigenvalue weighted by molar-refractivity contribution is 7.80. The topological polar surface area (TPSA) is 75.3 Å². The Labute approximate surface area is 106 Å². The van der Waals surface area contributed by atoms with Gasteiger partial charge in [-0.1, -0.05) is 19.1 Å². The van der Waals surface area contributed by atoms with Crippen LogP contribution in [0.1, 0.15) is 18.9 Å². The summed E-state index contributed by atoms with van der Waals surface area (Å²) in [6.07, 6.45) is 2.60. The van der Waals surface area contributed by atoms with E-state index in [4.69, 9.17) is 18.0 Å². The molecule has 3 N–H and O–H groups in total. The molecule has 0 amide bonds. The molecule has 5 nitrogen and oxygen atoms in total. The molecule has 2 atom stereocenters. The summed E-state index contributed by atoms with van der Waals surface area (Å²) in [5.41, 5.74) is 6.40. The standard InChI is InChI=1S/C11H16N4OS/c1-7-3-5-15(9(7)6-16)11-8(10(12)17)2-4-13-14-11/h2,4,7,9,16H,3,5-6H2,1H3,(H2,12,17). The Morgan fingerprint density at radius 3 is 3.12 bits per heavy atom. The van der Waals surface area contributed by atoms with Crippen molar-refractivity contribution in [1.29, 1.82) is 0 Å². The molecule has 0 spiro atoms. The summed E-state index contributed by atoms with van der Waals surface area (Å²) < 4.78 is 0. The van der Waals surface area contributed by atoms with Gasteiger partial charge in [-0.15, -0.1) is 5.10 Å². The second-order valence-electron chi connectivity index (χ2n) is 4.34. The van der Waals surface area contributed by atoms with E-state index >= 15 is 0 Å². The van der Waals surface area contributed by atoms with Gasteiger partial charge in [0.2, 0.25) is 0 Å². The van der Waals surface area contributed by atoms with E-state index in [1.165, 1.54) is 0 Å². The van der Waals surface area contributed by atoms with Crippen molar-refractivity contribution >= 4 is 23.0 Å². The van der Waals surface area contributed by atoms with Crippen molar-refractivity contribution in [3.05, 3.63) is 17.8 Å². The van der Waals surface area contributed by atoms with Crippen LogP contribution in [0.5, 0.6) is 0 Å². The first kappa shape index (κ1) is 12.2. The number of nitrogens with zero attached hydrogens (tertiary/aromatic N) is 3. The lowest BCUT2D eigenvalue weighted by molar-refractivity contribution is 0.244. The van der Waals surface area contributed by atoms with E-state index in [1.807, 2.05) is 4.90 Å². The van der Waals surface area contributed by atoms with Crippen LogP contribution in [0, 0.1) is 5.92 Å². The van der Waals surface area contributed by atoms with Crippen molar-refractivity contribution in [2.45, 2.75) is 19.4 Å². The van der Waals surface area contributed by atoms with Gasteiger partial charge in [-0.05, 0) is 18.4 Å². The highest BCUT2D eigenvalue weighted by Gasteiger charge is 2.33. The summed E-state index contributed by atoms with van der Waals surface area (Å²) in [4.78, 5) is 2.36. The van der Waals surface area contributed by atoms with Gasteiger partial charge in [0.15, 0.2) is 5.82 Å². The van der Waals surface area contributed by atoms with Gasteiger partial charge in [0, 0.05) is 6.54 Å². The fourth-order valence-corrected chi connectivity index (χ4v) is 2.44. The van der Waals surface area contributed by atoms with Crippen LogP contribution >= 0.6 is 12.2 Å². The molecule has 1 aromatic heterocycles. The molecule has 1 saturated heterocycles. The fourth-order valence-electron chi connectivity index (χ4n) is 2.28. The smallest absolute Gasteiger partial charge is 0.161 e. The molecule has 0 bridgehead atoms. The summed E-state index contributed by atoms with van der Waals surface area (Å²) in [5.74, 6) is 1.12. The third-order valence-electron chi connectivity index (χ3n) is 3.31. The summed E-state index contributed by atoms with van der Waals surface area (Å²) in [7, 11) is 0. The molecule has 17 heavy (non-hydrogen) atoms. The van der Waals surface area contributed by atoms with Crippen LogP contribution in [0.2, 0.25) is 0 Å². The van der Waals surface area contributed by atoms with Crippen molar-refractivity contribution in [1.82, 2.24) is 10.2 Å². The molecule has 0 aromatic carbocycles. The SMILES string of the molecule is CC1CCN(c2nnccc2C(N)=S)C1CO. The van der Waals surface area contributed by atoms with Gasteiger partial charge in [-0.25, -0.2) is 0 Å². The van der Waals surface area contributed by atoms with Crippen LogP contribution in [0.3, 0.4) is 0 Å². The van der Waals surface area contributed by atoms with E-state index in [0.717, 1.165) is 18.5 Å². The molecular weight excluding hydrogens is 236 g/mol. The van der Waals surface area contributed by atoms with E-state index in [-0.39, 0.29) is 12.6 Å². The Morgan fingerprint density at radius 1 is 1.71 bits per heavy atom. The zero-order valence-electron chi connectivity index (χ0n) is 9.71. The quantitative estimate of drug-likeness (QED) is 0.755. The monoisotopic (exact) mass is 252 g/mol. The number of hydrogen-bond donors (Lipinski definition) is 2. The van der Waals surface area contributed by atoms with Crippen LogP contribution in [-0.2, 0) is 0 Å². The van der Waals surface area contributed by atoms with E-state index in [1.54, 1.807) is 12.3 Å². The van der Waals surface area contributed by atoms with Crippen molar-refractivity contribution < 1.29 is 5.11 Å². The van der Waals surface area contributed by atoms with E-state index in [0.29, 0.717) is 16.7 Å². The number of aliphatic hydroxyl groups is 1. The Kier molecular flexibility index (Phi) is 3.54. The van der Waals surface area contributed by atoms with Gasteiger partial charge in [0.1, 0.15) is 4.99 Å². The fraction of sp³-hybridized carbons (Fsp3) is 0.545.